The molecule has 1 aromatic carbocycles. The van der Waals surface area contributed by atoms with Crippen molar-refractivity contribution in [3.8, 4) is 5.75 Å². The summed E-state index contributed by atoms with van der Waals surface area (Å²) in [6.07, 6.45) is 1.85. The first-order valence-corrected chi connectivity index (χ1v) is 7.06. The van der Waals surface area contributed by atoms with Gasteiger partial charge in [-0.1, -0.05) is 13.0 Å². The fourth-order valence-electron chi connectivity index (χ4n) is 1.85. The van der Waals surface area contributed by atoms with E-state index in [1.165, 1.54) is 11.1 Å². The summed E-state index contributed by atoms with van der Waals surface area (Å²) in [6.45, 7) is 9.99. The zero-order valence-electron chi connectivity index (χ0n) is 12.6. The number of nitrogens with one attached hydrogen (secondary N) is 1. The van der Waals surface area contributed by atoms with Crippen LogP contribution in [0.1, 0.15) is 37.8 Å². The van der Waals surface area contributed by atoms with Gasteiger partial charge in [0.1, 0.15) is 5.75 Å². The molecule has 0 aliphatic rings. The van der Waals surface area contributed by atoms with Crippen molar-refractivity contribution in [2.24, 2.45) is 0 Å². The molecule has 0 heterocycles. The molecule has 2 N–H and O–H groups in total. The maximum Gasteiger partial charge on any atom is 0.119 e. The lowest BCUT2D eigenvalue weighted by Crippen LogP contribution is -2.47. The lowest BCUT2D eigenvalue weighted by Gasteiger charge is -2.28. The number of aliphatic hydroxyl groups is 1. The number of ether oxygens (including phenoxy) is 1. The van der Waals surface area contributed by atoms with Crippen molar-refractivity contribution in [2.45, 2.75) is 46.1 Å². The van der Waals surface area contributed by atoms with E-state index in [4.69, 9.17) is 4.74 Å². The van der Waals surface area contributed by atoms with Crippen molar-refractivity contribution in [3.63, 3.8) is 0 Å². The van der Waals surface area contributed by atoms with Crippen LogP contribution in [0.4, 0.5) is 0 Å². The molecule has 0 saturated carbocycles. The Hall–Kier alpha value is -1.06. The van der Waals surface area contributed by atoms with Crippen molar-refractivity contribution in [3.05, 3.63) is 29.3 Å². The molecule has 0 saturated heterocycles. The summed E-state index contributed by atoms with van der Waals surface area (Å²) in [5.41, 5.74) is 2.26. The third kappa shape index (κ3) is 5.21. The van der Waals surface area contributed by atoms with Gasteiger partial charge >= 0.3 is 0 Å². The Morgan fingerprint density at radius 1 is 1.26 bits per heavy atom. The van der Waals surface area contributed by atoms with Crippen molar-refractivity contribution in [2.75, 3.05) is 19.8 Å². The number of aryl methyl sites for hydroxylation is 2. The fourth-order valence-corrected chi connectivity index (χ4v) is 1.85. The van der Waals surface area contributed by atoms with E-state index in [1.54, 1.807) is 0 Å². The van der Waals surface area contributed by atoms with Crippen LogP contribution in [-0.2, 0) is 0 Å². The molecule has 3 heteroatoms. The average Bonchev–Trinajstić information content (AvgIpc) is 2.40. The van der Waals surface area contributed by atoms with Gasteiger partial charge in [-0.2, -0.15) is 0 Å². The number of hydrogen-bond donors (Lipinski definition) is 2. The van der Waals surface area contributed by atoms with Gasteiger partial charge in [-0.15, -0.1) is 0 Å². The normalized spacial score (nSPS) is 14.2. The Morgan fingerprint density at radius 3 is 2.58 bits per heavy atom. The summed E-state index contributed by atoms with van der Waals surface area (Å²) in [4.78, 5) is 0. The molecule has 0 amide bonds. The minimum Gasteiger partial charge on any atom is -0.494 e. The first-order valence-electron chi connectivity index (χ1n) is 7.06. The van der Waals surface area contributed by atoms with Crippen LogP contribution in [0.2, 0.25) is 0 Å². The van der Waals surface area contributed by atoms with Gasteiger partial charge < -0.3 is 15.2 Å². The molecule has 1 atom stereocenters. The molecular weight excluding hydrogens is 238 g/mol. The van der Waals surface area contributed by atoms with Gasteiger partial charge in [-0.25, -0.2) is 0 Å². The fraction of sp³-hybridized carbons (Fsp3) is 0.625. The summed E-state index contributed by atoms with van der Waals surface area (Å²) in [7, 11) is 0. The number of aliphatic hydroxyl groups excluding tert-OH is 1. The molecule has 0 spiro atoms. The summed E-state index contributed by atoms with van der Waals surface area (Å²) in [5.74, 6) is 0.902. The monoisotopic (exact) mass is 265 g/mol. The zero-order chi connectivity index (χ0) is 14.3. The number of hydrogen-bond acceptors (Lipinski definition) is 3. The van der Waals surface area contributed by atoms with E-state index in [0.717, 1.165) is 25.1 Å². The third-order valence-corrected chi connectivity index (χ3v) is 3.55. The second kappa shape index (κ2) is 7.51. The maximum atomic E-state index is 9.47. The summed E-state index contributed by atoms with van der Waals surface area (Å²) < 4.78 is 5.77. The molecule has 0 radical (unpaired) electrons. The van der Waals surface area contributed by atoms with Gasteiger partial charge in [0.25, 0.3) is 0 Å². The van der Waals surface area contributed by atoms with Crippen LogP contribution in [0.3, 0.4) is 0 Å². The highest BCUT2D eigenvalue weighted by atomic mass is 16.5. The molecule has 0 fully saturated rings. The molecule has 0 aliphatic carbocycles. The van der Waals surface area contributed by atoms with Crippen LogP contribution in [-0.4, -0.2) is 30.4 Å². The second-order valence-electron chi connectivity index (χ2n) is 5.49. The van der Waals surface area contributed by atoms with Crippen LogP contribution >= 0.6 is 0 Å². The van der Waals surface area contributed by atoms with Crippen molar-refractivity contribution in [1.82, 2.24) is 5.32 Å². The molecule has 0 aliphatic heterocycles. The van der Waals surface area contributed by atoms with E-state index < -0.39 is 0 Å². The summed E-state index contributed by atoms with van der Waals surface area (Å²) in [5, 5.41) is 12.8. The van der Waals surface area contributed by atoms with Crippen LogP contribution in [0.15, 0.2) is 18.2 Å². The van der Waals surface area contributed by atoms with Crippen LogP contribution < -0.4 is 10.1 Å². The Labute approximate surface area is 117 Å². The van der Waals surface area contributed by atoms with Gasteiger partial charge in [-0.3, -0.25) is 0 Å². The molecule has 1 unspecified atom stereocenters. The second-order valence-corrected chi connectivity index (χ2v) is 5.49. The van der Waals surface area contributed by atoms with Crippen molar-refractivity contribution in [1.29, 1.82) is 0 Å². The number of rotatable bonds is 8. The molecule has 1 rings (SSSR count). The van der Waals surface area contributed by atoms with Gasteiger partial charge in [0.15, 0.2) is 0 Å². The molecule has 0 bridgehead atoms. The molecule has 3 nitrogen and oxygen atoms in total. The molecule has 1 aromatic rings. The predicted molar refractivity (Wildman–Crippen MR) is 79.8 cm³/mol. The summed E-state index contributed by atoms with van der Waals surface area (Å²) >= 11 is 0. The average molecular weight is 265 g/mol. The Morgan fingerprint density at radius 2 is 2.00 bits per heavy atom. The van der Waals surface area contributed by atoms with Gasteiger partial charge in [-0.05, 0) is 57.0 Å². The van der Waals surface area contributed by atoms with Crippen LogP contribution in [0.5, 0.6) is 5.75 Å². The standard InChI is InChI=1S/C16H27NO2/c1-5-9-17-16(4,12-18)8-10-19-15-7-6-13(2)14(3)11-15/h6-7,11,17-18H,5,8-10,12H2,1-4H3. The predicted octanol–water partition coefficient (Wildman–Crippen LogP) is 2.82. The van der Waals surface area contributed by atoms with Gasteiger partial charge in [0, 0.05) is 12.0 Å². The Balaban J connectivity index is 2.45. The van der Waals surface area contributed by atoms with E-state index >= 15 is 0 Å². The quantitative estimate of drug-likeness (QED) is 0.759. The third-order valence-electron chi connectivity index (χ3n) is 3.55. The van der Waals surface area contributed by atoms with Gasteiger partial charge in [0.2, 0.25) is 0 Å². The van der Waals surface area contributed by atoms with E-state index in [1.807, 2.05) is 13.0 Å². The van der Waals surface area contributed by atoms with E-state index in [2.05, 4.69) is 38.2 Å². The van der Waals surface area contributed by atoms with Crippen molar-refractivity contribution < 1.29 is 9.84 Å². The van der Waals surface area contributed by atoms with Crippen LogP contribution in [0.25, 0.3) is 0 Å². The lowest BCUT2D eigenvalue weighted by atomic mass is 9.99. The van der Waals surface area contributed by atoms with E-state index in [9.17, 15) is 5.11 Å². The number of benzene rings is 1. The minimum atomic E-state index is -0.254. The molecular formula is C16H27NO2. The highest BCUT2D eigenvalue weighted by Crippen LogP contribution is 2.17. The smallest absolute Gasteiger partial charge is 0.119 e. The topological polar surface area (TPSA) is 41.5 Å². The largest absolute Gasteiger partial charge is 0.494 e. The molecule has 0 aromatic heterocycles. The first-order chi connectivity index (χ1) is 9.00. The zero-order valence-corrected chi connectivity index (χ0v) is 12.6. The molecule has 19 heavy (non-hydrogen) atoms. The first kappa shape index (κ1) is 16.0. The minimum absolute atomic E-state index is 0.128. The van der Waals surface area contributed by atoms with E-state index in [-0.39, 0.29) is 12.1 Å². The summed E-state index contributed by atoms with van der Waals surface area (Å²) in [6, 6.07) is 6.13. The van der Waals surface area contributed by atoms with Gasteiger partial charge in [0.05, 0.1) is 13.2 Å². The SMILES string of the molecule is CCCNC(C)(CO)CCOc1ccc(C)c(C)c1. The lowest BCUT2D eigenvalue weighted by molar-refractivity contribution is 0.144. The van der Waals surface area contributed by atoms with E-state index in [0.29, 0.717) is 6.61 Å². The maximum absolute atomic E-state index is 9.47. The highest BCUT2D eigenvalue weighted by molar-refractivity contribution is 5.33. The highest BCUT2D eigenvalue weighted by Gasteiger charge is 2.21. The van der Waals surface area contributed by atoms with Crippen LogP contribution in [0, 0.1) is 13.8 Å². The Kier molecular flexibility index (Phi) is 6.32. The van der Waals surface area contributed by atoms with Crippen molar-refractivity contribution >= 4 is 0 Å². The molecule has 108 valence electrons. The Bertz CT molecular complexity index is 392.